The largest absolute Gasteiger partial charge is 0.497 e. The van der Waals surface area contributed by atoms with Gasteiger partial charge < -0.3 is 24.3 Å². The quantitative estimate of drug-likeness (QED) is 0.0582. The summed E-state index contributed by atoms with van der Waals surface area (Å²) in [7, 11) is 3.27. The molecule has 0 saturated carbocycles. The van der Waals surface area contributed by atoms with Crippen molar-refractivity contribution in [2.75, 3.05) is 52.9 Å². The van der Waals surface area contributed by atoms with Crippen molar-refractivity contribution in [3.05, 3.63) is 136 Å². The predicted molar refractivity (Wildman–Crippen MR) is 254 cm³/mol. The zero-order valence-corrected chi connectivity index (χ0v) is 39.2. The molecule has 2 aliphatic rings. The van der Waals surface area contributed by atoms with Gasteiger partial charge in [-0.25, -0.2) is 0 Å². The first kappa shape index (κ1) is 46.3. The predicted octanol–water partition coefficient (Wildman–Crippen LogP) is 8.01. The summed E-state index contributed by atoms with van der Waals surface area (Å²) in [4.78, 5) is 37.7. The van der Waals surface area contributed by atoms with Crippen LogP contribution >= 0.6 is 23.4 Å². The minimum Gasteiger partial charge on any atom is -0.497 e. The highest BCUT2D eigenvalue weighted by Gasteiger charge is 2.32. The maximum atomic E-state index is 13.4. The highest BCUT2D eigenvalue weighted by atomic mass is 35.5. The molecule has 8 rings (SSSR count). The van der Waals surface area contributed by atoms with Crippen molar-refractivity contribution >= 4 is 46.5 Å². The molecule has 4 aromatic carbocycles. The summed E-state index contributed by atoms with van der Waals surface area (Å²) >= 11 is 7.94. The number of aryl methyl sites for hydroxylation is 2. The van der Waals surface area contributed by atoms with E-state index in [0.29, 0.717) is 85.6 Å². The van der Waals surface area contributed by atoms with Crippen LogP contribution in [0.2, 0.25) is 5.02 Å². The number of thioether (sulfide) groups is 1. The van der Waals surface area contributed by atoms with Gasteiger partial charge in [0.2, 0.25) is 5.91 Å². The number of hydrogen-bond acceptors (Lipinski definition) is 13. The average Bonchev–Trinajstić information content (AvgIpc) is 3.83. The van der Waals surface area contributed by atoms with Crippen molar-refractivity contribution in [2.45, 2.75) is 63.4 Å². The van der Waals surface area contributed by atoms with Crippen LogP contribution in [0.15, 0.2) is 99.8 Å². The first-order valence-electron chi connectivity index (χ1n) is 22.0. The minimum atomic E-state index is -0.543. The summed E-state index contributed by atoms with van der Waals surface area (Å²) in [6.07, 6.45) is 1.24. The molecule has 66 heavy (non-hydrogen) atoms. The van der Waals surface area contributed by atoms with Gasteiger partial charge >= 0.3 is 0 Å². The molecule has 2 aliphatic heterocycles. The standard InChI is InChI=1S/C49H52ClN9O6S/c1-6-51-45(61)29-42-49-57-55-31(3)59(49)44-20-16-37(63-5)28-40(44)47(53-42)33-11-17-38(18-12-33)66-25-24-65-23-22-64-21-7-8-35(60)26-41-48-56-54-30(2)58(48)43-19-15-36(62-4)27-39(43)46(52-41)32-9-13-34(50)14-10-32/h9-20,27-28,41-42H,6-8,21-26,29H2,1-5H3,(H,51,61)/t41-,42-/m0/s1. The summed E-state index contributed by atoms with van der Waals surface area (Å²) < 4.78 is 26.9. The second kappa shape index (κ2) is 21.4. The van der Waals surface area contributed by atoms with E-state index in [-0.39, 0.29) is 24.5 Å². The van der Waals surface area contributed by atoms with Crippen LogP contribution in [-0.4, -0.2) is 106 Å². The first-order chi connectivity index (χ1) is 32.1. The number of nitrogens with zero attached hydrogens (tertiary/aromatic N) is 8. The van der Waals surface area contributed by atoms with Crippen molar-refractivity contribution in [1.82, 2.24) is 34.8 Å². The maximum Gasteiger partial charge on any atom is 0.222 e. The van der Waals surface area contributed by atoms with Crippen molar-refractivity contribution in [2.24, 2.45) is 9.98 Å². The Balaban J connectivity index is 0.810. The number of ether oxygens (including phenoxy) is 4. The Kier molecular flexibility index (Phi) is 15.0. The lowest BCUT2D eigenvalue weighted by Gasteiger charge is -2.14. The number of rotatable bonds is 20. The van der Waals surface area contributed by atoms with Gasteiger partial charge in [-0.15, -0.1) is 32.2 Å². The van der Waals surface area contributed by atoms with Crippen molar-refractivity contribution < 1.29 is 28.5 Å². The van der Waals surface area contributed by atoms with E-state index in [4.69, 9.17) is 40.5 Å². The van der Waals surface area contributed by atoms with Crippen molar-refractivity contribution in [3.63, 3.8) is 0 Å². The Morgan fingerprint density at radius 3 is 1.76 bits per heavy atom. The molecule has 2 aromatic heterocycles. The molecule has 6 aromatic rings. The van der Waals surface area contributed by atoms with E-state index in [0.717, 1.165) is 55.7 Å². The molecule has 0 unspecified atom stereocenters. The number of methoxy groups -OCH3 is 2. The number of aromatic nitrogens is 6. The number of ketones is 1. The number of benzene rings is 4. The number of halogens is 1. The smallest absolute Gasteiger partial charge is 0.222 e. The molecule has 0 bridgehead atoms. The monoisotopic (exact) mass is 929 g/mol. The van der Waals surface area contributed by atoms with Gasteiger partial charge in [0.15, 0.2) is 11.6 Å². The van der Waals surface area contributed by atoms with Gasteiger partial charge in [-0.05, 0) is 87.9 Å². The lowest BCUT2D eigenvalue weighted by atomic mass is 9.99. The highest BCUT2D eigenvalue weighted by Crippen LogP contribution is 2.37. The molecule has 0 fully saturated rings. The molecular formula is C49H52ClN9O6S. The number of aliphatic imine (C=N–C) groups is 2. The van der Waals surface area contributed by atoms with Crippen LogP contribution in [0.25, 0.3) is 11.4 Å². The van der Waals surface area contributed by atoms with Crippen LogP contribution < -0.4 is 14.8 Å². The summed E-state index contributed by atoms with van der Waals surface area (Å²) in [5.41, 5.74) is 6.71. The maximum absolute atomic E-state index is 13.4. The number of fused-ring (bicyclic) bond motifs is 6. The summed E-state index contributed by atoms with van der Waals surface area (Å²) in [5.74, 6) is 4.74. The lowest BCUT2D eigenvalue weighted by molar-refractivity contribution is -0.121. The molecule has 1 amide bonds. The van der Waals surface area contributed by atoms with Crippen LogP contribution in [0.1, 0.15) is 90.2 Å². The molecular weight excluding hydrogens is 878 g/mol. The average molecular weight is 931 g/mol. The summed E-state index contributed by atoms with van der Waals surface area (Å²) in [6, 6.07) is 26.4. The zero-order chi connectivity index (χ0) is 46.2. The number of amides is 1. The molecule has 4 heterocycles. The fourth-order valence-corrected chi connectivity index (χ4v) is 9.02. The van der Waals surface area contributed by atoms with Gasteiger partial charge in [-0.3, -0.25) is 28.7 Å². The molecule has 0 aliphatic carbocycles. The van der Waals surface area contributed by atoms with Gasteiger partial charge in [-0.1, -0.05) is 35.9 Å². The summed E-state index contributed by atoms with van der Waals surface area (Å²) in [5, 5.41) is 21.2. The molecule has 2 atom stereocenters. The number of hydrogen-bond donors (Lipinski definition) is 1. The fraction of sp³-hybridized carbons (Fsp3) is 0.347. The van der Waals surface area contributed by atoms with Crippen LogP contribution in [0.5, 0.6) is 11.5 Å². The van der Waals surface area contributed by atoms with Gasteiger partial charge in [0.25, 0.3) is 0 Å². The van der Waals surface area contributed by atoms with E-state index in [9.17, 15) is 9.59 Å². The van der Waals surface area contributed by atoms with E-state index >= 15 is 0 Å². The van der Waals surface area contributed by atoms with Crippen molar-refractivity contribution in [1.29, 1.82) is 0 Å². The van der Waals surface area contributed by atoms with E-state index in [1.165, 1.54) is 0 Å². The van der Waals surface area contributed by atoms with Gasteiger partial charge in [0.05, 0.1) is 63.3 Å². The molecule has 17 heteroatoms. The first-order valence-corrected chi connectivity index (χ1v) is 23.3. The fourth-order valence-electron chi connectivity index (χ4n) is 8.13. The number of carbonyl (C=O) groups excluding carboxylic acids is 2. The minimum absolute atomic E-state index is 0.0631. The highest BCUT2D eigenvalue weighted by molar-refractivity contribution is 7.99. The Bertz CT molecular complexity index is 2750. The third kappa shape index (κ3) is 10.4. The Morgan fingerprint density at radius 2 is 1.21 bits per heavy atom. The van der Waals surface area contributed by atoms with Gasteiger partial charge in [0.1, 0.15) is 41.0 Å². The number of Topliss-reactive ketones (excluding diaryl/α,β-unsaturated/α-hetero) is 1. The normalized spacial score (nSPS) is 15.0. The molecule has 1 N–H and O–H groups in total. The van der Waals surface area contributed by atoms with Crippen LogP contribution in [-0.2, 0) is 19.1 Å². The Morgan fingerprint density at radius 1 is 0.682 bits per heavy atom. The molecule has 0 spiro atoms. The van der Waals surface area contributed by atoms with Crippen molar-refractivity contribution in [3.8, 4) is 22.9 Å². The van der Waals surface area contributed by atoms with E-state index in [1.54, 1.807) is 26.0 Å². The molecule has 0 saturated heterocycles. The zero-order valence-electron chi connectivity index (χ0n) is 37.6. The van der Waals surface area contributed by atoms with E-state index < -0.39 is 12.1 Å². The number of nitrogens with one attached hydrogen (secondary N) is 1. The lowest BCUT2D eigenvalue weighted by Crippen LogP contribution is -2.25. The SMILES string of the molecule is CCNC(=O)C[C@@H]1N=C(c2ccc(SCCOCCOCCCC(=O)C[C@@H]3N=C(c4ccc(Cl)cc4)c4cc(OC)ccc4-n4c(C)nnc43)cc2)c2cc(OC)ccc2-n2c(C)nnc21. The molecule has 0 radical (unpaired) electrons. The van der Waals surface area contributed by atoms with Crippen LogP contribution in [0.4, 0.5) is 0 Å². The van der Waals surface area contributed by atoms with Crippen LogP contribution in [0.3, 0.4) is 0 Å². The second-order valence-corrected chi connectivity index (χ2v) is 17.3. The van der Waals surface area contributed by atoms with E-state index in [1.807, 2.05) is 90.6 Å². The third-order valence-electron chi connectivity index (χ3n) is 11.3. The third-order valence-corrected chi connectivity index (χ3v) is 12.5. The van der Waals surface area contributed by atoms with Crippen LogP contribution in [0, 0.1) is 13.8 Å². The summed E-state index contributed by atoms with van der Waals surface area (Å²) in [6.45, 7) is 8.09. The van der Waals surface area contributed by atoms with Gasteiger partial charge in [0, 0.05) is 63.9 Å². The van der Waals surface area contributed by atoms with E-state index in [2.05, 4.69) is 50.0 Å². The van der Waals surface area contributed by atoms with Gasteiger partial charge in [-0.2, -0.15) is 0 Å². The second-order valence-electron chi connectivity index (χ2n) is 15.7. The Hall–Kier alpha value is -6.20. The Labute approximate surface area is 393 Å². The topological polar surface area (TPSA) is 169 Å². The number of carbonyl (C=O) groups is 2. The molecule has 342 valence electrons. The molecule has 15 nitrogen and oxygen atoms in total.